The van der Waals surface area contributed by atoms with E-state index in [-0.39, 0.29) is 18.7 Å². The van der Waals surface area contributed by atoms with Crippen LogP contribution in [0.15, 0.2) is 42.5 Å². The van der Waals surface area contributed by atoms with Gasteiger partial charge >= 0.3 is 0 Å². The van der Waals surface area contributed by atoms with Gasteiger partial charge in [0.1, 0.15) is 24.0 Å². The molecule has 0 saturated carbocycles. The normalized spacial score (nSPS) is 10.2. The average Bonchev–Trinajstić information content (AvgIpc) is 2.47. The summed E-state index contributed by atoms with van der Waals surface area (Å²) >= 11 is 5.73. The lowest BCUT2D eigenvalue weighted by Gasteiger charge is -2.08. The number of ether oxygens (including phenoxy) is 1. The number of carbonyl (C=O) groups excluding carboxylic acids is 1. The maximum Gasteiger partial charge on any atom is 0.254 e. The highest BCUT2D eigenvalue weighted by molar-refractivity contribution is 6.30. The van der Waals surface area contributed by atoms with Crippen LogP contribution in [-0.4, -0.2) is 19.1 Å². The lowest BCUT2D eigenvalue weighted by Crippen LogP contribution is -2.28. The van der Waals surface area contributed by atoms with Gasteiger partial charge in [0.25, 0.3) is 5.91 Å². The molecule has 2 rings (SSSR count). The summed E-state index contributed by atoms with van der Waals surface area (Å²) < 4.78 is 31.7. The van der Waals surface area contributed by atoms with Gasteiger partial charge in [-0.3, -0.25) is 4.79 Å². The molecule has 0 aliphatic heterocycles. The Balaban J connectivity index is 1.81. The molecule has 0 heterocycles. The lowest BCUT2D eigenvalue weighted by atomic mass is 10.2. The summed E-state index contributed by atoms with van der Waals surface area (Å²) in [5.41, 5.74) is -0.332. The van der Waals surface area contributed by atoms with Gasteiger partial charge in [-0.25, -0.2) is 8.78 Å². The van der Waals surface area contributed by atoms with Crippen LogP contribution in [0.3, 0.4) is 0 Å². The molecular formula is C15H12ClF2NO2. The lowest BCUT2D eigenvalue weighted by molar-refractivity contribution is 0.0942. The van der Waals surface area contributed by atoms with Gasteiger partial charge in [-0.15, -0.1) is 0 Å². The van der Waals surface area contributed by atoms with Crippen molar-refractivity contribution in [1.29, 1.82) is 0 Å². The molecule has 0 atom stereocenters. The van der Waals surface area contributed by atoms with E-state index in [9.17, 15) is 13.6 Å². The van der Waals surface area contributed by atoms with E-state index in [0.717, 1.165) is 18.2 Å². The van der Waals surface area contributed by atoms with Crippen molar-refractivity contribution >= 4 is 17.5 Å². The second kappa shape index (κ2) is 7.04. The van der Waals surface area contributed by atoms with Crippen LogP contribution in [-0.2, 0) is 0 Å². The van der Waals surface area contributed by atoms with E-state index < -0.39 is 17.5 Å². The molecule has 0 radical (unpaired) electrons. The zero-order valence-electron chi connectivity index (χ0n) is 10.9. The molecule has 3 nitrogen and oxygen atoms in total. The molecule has 1 N–H and O–H groups in total. The summed E-state index contributed by atoms with van der Waals surface area (Å²) in [5.74, 6) is -1.52. The van der Waals surface area contributed by atoms with Gasteiger partial charge in [0.05, 0.1) is 12.1 Å². The van der Waals surface area contributed by atoms with Gasteiger partial charge in [0, 0.05) is 5.02 Å². The van der Waals surface area contributed by atoms with E-state index in [1.807, 2.05) is 0 Å². The summed E-state index contributed by atoms with van der Waals surface area (Å²) in [6.45, 7) is 0.363. The summed E-state index contributed by atoms with van der Waals surface area (Å²) in [6, 6.07) is 9.46. The smallest absolute Gasteiger partial charge is 0.254 e. The second-order valence-corrected chi connectivity index (χ2v) is 4.62. The molecule has 0 spiro atoms. The standard InChI is InChI=1S/C15H12ClF2NO2/c16-10-1-4-12(5-2-10)21-8-7-19-15(20)13-9-11(17)3-6-14(13)18/h1-6,9H,7-8H2,(H,19,20). The largest absolute Gasteiger partial charge is 0.492 e. The number of hydrogen-bond donors (Lipinski definition) is 1. The number of rotatable bonds is 5. The molecule has 1 amide bonds. The van der Waals surface area contributed by atoms with Crippen LogP contribution in [0.5, 0.6) is 5.75 Å². The van der Waals surface area contributed by atoms with Crippen molar-refractivity contribution in [1.82, 2.24) is 5.32 Å². The molecule has 2 aromatic rings. The number of amides is 1. The average molecular weight is 312 g/mol. The number of carbonyl (C=O) groups is 1. The third kappa shape index (κ3) is 4.43. The summed E-state index contributed by atoms with van der Waals surface area (Å²) in [4.78, 5) is 11.7. The molecule has 0 aliphatic rings. The maximum atomic E-state index is 13.4. The molecule has 0 aromatic heterocycles. The van der Waals surface area contributed by atoms with E-state index >= 15 is 0 Å². The van der Waals surface area contributed by atoms with Gasteiger partial charge in [0.2, 0.25) is 0 Å². The van der Waals surface area contributed by atoms with Crippen LogP contribution in [0.1, 0.15) is 10.4 Å². The molecule has 0 aliphatic carbocycles. The summed E-state index contributed by atoms with van der Waals surface area (Å²) in [5, 5.41) is 3.05. The number of nitrogens with one attached hydrogen (secondary N) is 1. The Morgan fingerprint density at radius 2 is 1.86 bits per heavy atom. The summed E-state index contributed by atoms with van der Waals surface area (Å²) in [7, 11) is 0. The predicted molar refractivity (Wildman–Crippen MR) is 75.6 cm³/mol. The number of hydrogen-bond acceptors (Lipinski definition) is 2. The third-order valence-electron chi connectivity index (χ3n) is 2.64. The Hall–Kier alpha value is -2.14. The highest BCUT2D eigenvalue weighted by Crippen LogP contribution is 2.15. The Labute approximate surface area is 125 Å². The van der Waals surface area contributed by atoms with E-state index in [2.05, 4.69) is 5.32 Å². The van der Waals surface area contributed by atoms with Gasteiger partial charge in [-0.2, -0.15) is 0 Å². The van der Waals surface area contributed by atoms with Crippen LogP contribution in [0.2, 0.25) is 5.02 Å². The molecule has 110 valence electrons. The zero-order valence-corrected chi connectivity index (χ0v) is 11.7. The minimum Gasteiger partial charge on any atom is -0.492 e. The molecule has 6 heteroatoms. The Kier molecular flexibility index (Phi) is 5.11. The fraction of sp³-hybridized carbons (Fsp3) is 0.133. The molecule has 0 bridgehead atoms. The van der Waals surface area contributed by atoms with Crippen molar-refractivity contribution in [2.75, 3.05) is 13.2 Å². The Morgan fingerprint density at radius 3 is 2.57 bits per heavy atom. The third-order valence-corrected chi connectivity index (χ3v) is 2.89. The first-order valence-corrected chi connectivity index (χ1v) is 6.55. The highest BCUT2D eigenvalue weighted by Gasteiger charge is 2.12. The van der Waals surface area contributed by atoms with E-state index in [1.54, 1.807) is 24.3 Å². The fourth-order valence-electron chi connectivity index (χ4n) is 1.63. The molecular weight excluding hydrogens is 300 g/mol. The van der Waals surface area contributed by atoms with Crippen LogP contribution < -0.4 is 10.1 Å². The quantitative estimate of drug-likeness (QED) is 0.859. The van der Waals surface area contributed by atoms with Crippen LogP contribution in [0, 0.1) is 11.6 Å². The molecule has 0 saturated heterocycles. The van der Waals surface area contributed by atoms with Crippen molar-refractivity contribution in [3.05, 3.63) is 64.7 Å². The SMILES string of the molecule is O=C(NCCOc1ccc(Cl)cc1)c1cc(F)ccc1F. The van der Waals surface area contributed by atoms with Crippen LogP contribution >= 0.6 is 11.6 Å². The Morgan fingerprint density at radius 1 is 1.14 bits per heavy atom. The molecule has 2 aromatic carbocycles. The van der Waals surface area contributed by atoms with Crippen molar-refractivity contribution < 1.29 is 18.3 Å². The van der Waals surface area contributed by atoms with Crippen LogP contribution in [0.25, 0.3) is 0 Å². The maximum absolute atomic E-state index is 13.4. The van der Waals surface area contributed by atoms with E-state index in [1.165, 1.54) is 0 Å². The topological polar surface area (TPSA) is 38.3 Å². The van der Waals surface area contributed by atoms with Gasteiger partial charge in [-0.1, -0.05) is 11.6 Å². The first-order chi connectivity index (χ1) is 10.1. The molecule has 0 fully saturated rings. The van der Waals surface area contributed by atoms with Gasteiger partial charge in [-0.05, 0) is 42.5 Å². The van der Waals surface area contributed by atoms with E-state index in [4.69, 9.17) is 16.3 Å². The first kappa shape index (κ1) is 15.3. The second-order valence-electron chi connectivity index (χ2n) is 4.18. The van der Waals surface area contributed by atoms with Crippen molar-refractivity contribution in [2.24, 2.45) is 0 Å². The Bertz CT molecular complexity index is 632. The molecule has 21 heavy (non-hydrogen) atoms. The van der Waals surface area contributed by atoms with Gasteiger partial charge in [0.15, 0.2) is 0 Å². The summed E-state index contributed by atoms with van der Waals surface area (Å²) in [6.07, 6.45) is 0. The molecule has 0 unspecified atom stereocenters. The van der Waals surface area contributed by atoms with Gasteiger partial charge < -0.3 is 10.1 Å². The minimum atomic E-state index is -0.771. The minimum absolute atomic E-state index is 0.164. The fourth-order valence-corrected chi connectivity index (χ4v) is 1.76. The van der Waals surface area contributed by atoms with Crippen molar-refractivity contribution in [3.63, 3.8) is 0 Å². The highest BCUT2D eigenvalue weighted by atomic mass is 35.5. The number of halogens is 3. The van der Waals surface area contributed by atoms with Crippen molar-refractivity contribution in [3.8, 4) is 5.75 Å². The van der Waals surface area contributed by atoms with Crippen LogP contribution in [0.4, 0.5) is 8.78 Å². The first-order valence-electron chi connectivity index (χ1n) is 6.18. The van der Waals surface area contributed by atoms with E-state index in [0.29, 0.717) is 10.8 Å². The monoisotopic (exact) mass is 311 g/mol. The predicted octanol–water partition coefficient (Wildman–Crippen LogP) is 3.43. The number of benzene rings is 2. The van der Waals surface area contributed by atoms with Crippen molar-refractivity contribution in [2.45, 2.75) is 0 Å². The zero-order chi connectivity index (χ0) is 15.2.